The highest BCUT2D eigenvalue weighted by atomic mass is 14.5. The van der Waals surface area contributed by atoms with Gasteiger partial charge in [-0.15, -0.1) is 0 Å². The predicted molar refractivity (Wildman–Crippen MR) is 81.7 cm³/mol. The molecular weight excluding hydrogens is 218 g/mol. The Morgan fingerprint density at radius 3 is 2.00 bits per heavy atom. The number of rotatable bonds is 9. The molecule has 0 spiro atoms. The Morgan fingerprint density at radius 2 is 1.39 bits per heavy atom. The van der Waals surface area contributed by atoms with Crippen molar-refractivity contribution in [1.29, 1.82) is 0 Å². The molecule has 18 heavy (non-hydrogen) atoms. The van der Waals surface area contributed by atoms with Gasteiger partial charge in [-0.3, -0.25) is 0 Å². The van der Waals surface area contributed by atoms with Crippen molar-refractivity contribution in [2.24, 2.45) is 5.92 Å². The molecule has 1 rings (SSSR count). The number of hydrogen-bond acceptors (Lipinski definition) is 1. The van der Waals surface area contributed by atoms with E-state index in [1.807, 2.05) is 12.1 Å². The average Bonchev–Trinajstić information content (AvgIpc) is 2.34. The van der Waals surface area contributed by atoms with Crippen LogP contribution >= 0.6 is 0 Å². The largest absolute Gasteiger partial charge is 0.399 e. The van der Waals surface area contributed by atoms with Gasteiger partial charge < -0.3 is 5.73 Å². The van der Waals surface area contributed by atoms with E-state index in [9.17, 15) is 0 Å². The van der Waals surface area contributed by atoms with Gasteiger partial charge in [0.15, 0.2) is 0 Å². The maximum atomic E-state index is 5.67. The number of hydrogen-bond donors (Lipinski definition) is 1. The molecule has 0 aliphatic rings. The maximum absolute atomic E-state index is 5.67. The van der Waals surface area contributed by atoms with Gasteiger partial charge in [0.1, 0.15) is 0 Å². The van der Waals surface area contributed by atoms with Gasteiger partial charge in [0.2, 0.25) is 0 Å². The summed E-state index contributed by atoms with van der Waals surface area (Å²) >= 11 is 0. The highest BCUT2D eigenvalue weighted by Gasteiger charge is 1.96. The van der Waals surface area contributed by atoms with Crippen LogP contribution in [0.4, 0.5) is 5.69 Å². The Kier molecular flexibility index (Phi) is 7.55. The van der Waals surface area contributed by atoms with E-state index in [4.69, 9.17) is 5.73 Å². The molecule has 0 amide bonds. The fraction of sp³-hybridized carbons (Fsp3) is 0.647. The van der Waals surface area contributed by atoms with Crippen LogP contribution in [-0.4, -0.2) is 0 Å². The van der Waals surface area contributed by atoms with Crippen molar-refractivity contribution in [3.8, 4) is 0 Å². The zero-order valence-electron chi connectivity index (χ0n) is 12.1. The molecule has 0 heterocycles. The Hall–Kier alpha value is -0.980. The van der Waals surface area contributed by atoms with Gasteiger partial charge >= 0.3 is 0 Å². The summed E-state index contributed by atoms with van der Waals surface area (Å²) in [4.78, 5) is 0. The minimum absolute atomic E-state index is 0.865. The van der Waals surface area contributed by atoms with Crippen LogP contribution in [0.2, 0.25) is 0 Å². The lowest BCUT2D eigenvalue weighted by Crippen LogP contribution is -1.89. The molecule has 1 nitrogen and oxygen atoms in total. The smallest absolute Gasteiger partial charge is 0.0314 e. The van der Waals surface area contributed by atoms with Crippen molar-refractivity contribution in [3.63, 3.8) is 0 Å². The number of unbranched alkanes of at least 4 members (excludes halogenated alkanes) is 5. The Labute approximate surface area is 113 Å². The molecule has 0 saturated carbocycles. The lowest BCUT2D eigenvalue weighted by Gasteiger charge is -2.05. The molecule has 1 heteroatoms. The third kappa shape index (κ3) is 7.37. The minimum atomic E-state index is 0.865. The van der Waals surface area contributed by atoms with E-state index in [-0.39, 0.29) is 0 Å². The lowest BCUT2D eigenvalue weighted by atomic mass is 10.0. The van der Waals surface area contributed by atoms with Crippen LogP contribution in [0.5, 0.6) is 0 Å². The van der Waals surface area contributed by atoms with Crippen molar-refractivity contribution in [2.45, 2.75) is 65.2 Å². The molecule has 0 fully saturated rings. The summed E-state index contributed by atoms with van der Waals surface area (Å²) in [5, 5.41) is 0. The molecule has 0 aliphatic carbocycles. The molecule has 0 bridgehead atoms. The summed E-state index contributed by atoms with van der Waals surface area (Å²) in [6, 6.07) is 8.30. The highest BCUT2D eigenvalue weighted by molar-refractivity contribution is 5.39. The quantitative estimate of drug-likeness (QED) is 0.471. The van der Waals surface area contributed by atoms with Crippen LogP contribution in [-0.2, 0) is 6.42 Å². The van der Waals surface area contributed by atoms with Gasteiger partial charge in [0.05, 0.1) is 0 Å². The fourth-order valence-corrected chi connectivity index (χ4v) is 2.27. The summed E-state index contributed by atoms with van der Waals surface area (Å²) in [7, 11) is 0. The zero-order valence-corrected chi connectivity index (χ0v) is 12.1. The molecule has 0 radical (unpaired) electrons. The van der Waals surface area contributed by atoms with Gasteiger partial charge in [0.25, 0.3) is 0 Å². The first-order valence-corrected chi connectivity index (χ1v) is 7.53. The summed E-state index contributed by atoms with van der Waals surface area (Å²) in [5.74, 6) is 0.871. The third-order valence-corrected chi connectivity index (χ3v) is 3.48. The standard InChI is InChI=1S/C17H29N/c1-15(2)9-7-5-3-4-6-8-10-16-11-13-17(18)14-12-16/h11-15H,3-10,18H2,1-2H3. The summed E-state index contributed by atoms with van der Waals surface area (Å²) in [6.07, 6.45) is 10.9. The van der Waals surface area contributed by atoms with Gasteiger partial charge in [-0.1, -0.05) is 64.5 Å². The van der Waals surface area contributed by atoms with Crippen molar-refractivity contribution >= 4 is 5.69 Å². The first-order valence-electron chi connectivity index (χ1n) is 7.53. The Balaban J connectivity index is 1.94. The van der Waals surface area contributed by atoms with E-state index in [1.165, 1.54) is 56.9 Å². The highest BCUT2D eigenvalue weighted by Crippen LogP contribution is 2.13. The van der Waals surface area contributed by atoms with Crippen molar-refractivity contribution in [1.82, 2.24) is 0 Å². The monoisotopic (exact) mass is 247 g/mol. The number of anilines is 1. The molecule has 1 aromatic carbocycles. The molecule has 1 aromatic rings. The van der Waals surface area contributed by atoms with Crippen molar-refractivity contribution in [3.05, 3.63) is 29.8 Å². The SMILES string of the molecule is CC(C)CCCCCCCCc1ccc(N)cc1. The van der Waals surface area contributed by atoms with E-state index in [0.717, 1.165) is 11.6 Å². The number of benzene rings is 1. The van der Waals surface area contributed by atoms with Gasteiger partial charge in [-0.05, 0) is 36.5 Å². The molecular formula is C17H29N. The Morgan fingerprint density at radius 1 is 0.833 bits per heavy atom. The number of nitrogens with two attached hydrogens (primary N) is 1. The first-order chi connectivity index (χ1) is 8.68. The molecule has 102 valence electrons. The van der Waals surface area contributed by atoms with Crippen LogP contribution in [0.1, 0.15) is 64.4 Å². The molecule has 0 saturated heterocycles. The maximum Gasteiger partial charge on any atom is 0.0314 e. The topological polar surface area (TPSA) is 26.0 Å². The van der Waals surface area contributed by atoms with Crippen LogP contribution < -0.4 is 5.73 Å². The second-order valence-corrected chi connectivity index (χ2v) is 5.80. The number of aryl methyl sites for hydroxylation is 1. The summed E-state index contributed by atoms with van der Waals surface area (Å²) < 4.78 is 0. The molecule has 0 aromatic heterocycles. The second kappa shape index (κ2) is 9.02. The van der Waals surface area contributed by atoms with E-state index >= 15 is 0 Å². The lowest BCUT2D eigenvalue weighted by molar-refractivity contribution is 0.511. The van der Waals surface area contributed by atoms with Crippen molar-refractivity contribution in [2.75, 3.05) is 5.73 Å². The number of nitrogen functional groups attached to an aromatic ring is 1. The van der Waals surface area contributed by atoms with Crippen molar-refractivity contribution < 1.29 is 0 Å². The van der Waals surface area contributed by atoms with Crippen LogP contribution in [0, 0.1) is 5.92 Å². The zero-order chi connectivity index (χ0) is 13.2. The Bertz CT molecular complexity index is 300. The molecule has 2 N–H and O–H groups in total. The van der Waals surface area contributed by atoms with Gasteiger partial charge in [-0.2, -0.15) is 0 Å². The predicted octanol–water partition coefficient (Wildman–Crippen LogP) is 5.20. The fourth-order valence-electron chi connectivity index (χ4n) is 2.27. The van der Waals surface area contributed by atoms with E-state index in [0.29, 0.717) is 0 Å². The van der Waals surface area contributed by atoms with Crippen LogP contribution in [0.15, 0.2) is 24.3 Å². The second-order valence-electron chi connectivity index (χ2n) is 5.80. The van der Waals surface area contributed by atoms with Gasteiger partial charge in [0, 0.05) is 5.69 Å². The normalized spacial score (nSPS) is 11.1. The minimum Gasteiger partial charge on any atom is -0.399 e. The first kappa shape index (κ1) is 15.1. The van der Waals surface area contributed by atoms with Crippen LogP contribution in [0.25, 0.3) is 0 Å². The summed E-state index contributed by atoms with van der Waals surface area (Å²) in [5.41, 5.74) is 7.96. The van der Waals surface area contributed by atoms with Gasteiger partial charge in [-0.25, -0.2) is 0 Å². The van der Waals surface area contributed by atoms with E-state index in [1.54, 1.807) is 0 Å². The van der Waals surface area contributed by atoms with E-state index < -0.39 is 0 Å². The average molecular weight is 247 g/mol. The molecule has 0 atom stereocenters. The van der Waals surface area contributed by atoms with E-state index in [2.05, 4.69) is 26.0 Å². The third-order valence-electron chi connectivity index (χ3n) is 3.48. The summed E-state index contributed by atoms with van der Waals surface area (Å²) in [6.45, 7) is 4.62. The molecule has 0 unspecified atom stereocenters. The molecule has 0 aliphatic heterocycles. The van der Waals surface area contributed by atoms with Crippen LogP contribution in [0.3, 0.4) is 0 Å².